The fourth-order valence-electron chi connectivity index (χ4n) is 4.98. The minimum atomic E-state index is -0.818. The van der Waals surface area contributed by atoms with E-state index in [1.807, 2.05) is 0 Å². The third kappa shape index (κ3) is 3.89. The highest BCUT2D eigenvalue weighted by Gasteiger charge is 2.66. The molecule has 1 heterocycles. The number of carbonyl (C=O) groups excluding carboxylic acids is 4. The second kappa shape index (κ2) is 9.01. The summed E-state index contributed by atoms with van der Waals surface area (Å²) < 4.78 is 15.3. The molecule has 3 fully saturated rings. The Balaban J connectivity index is 1.32. The molecule has 1 saturated heterocycles. The number of likely N-dealkylation sites (tertiary alicyclic amines) is 1. The number of nitrogens with one attached hydrogen (secondary N) is 1. The van der Waals surface area contributed by atoms with E-state index in [0.29, 0.717) is 17.2 Å². The lowest BCUT2D eigenvalue weighted by atomic mass is 9.81. The first-order chi connectivity index (χ1) is 15.3. The van der Waals surface area contributed by atoms with Crippen LogP contribution in [0.25, 0.3) is 0 Å². The zero-order valence-corrected chi connectivity index (χ0v) is 20.6. The fraction of sp³-hybridized carbons (Fsp3) is 0.524. The number of halogens is 2. The molecule has 2 aliphatic carbocycles. The lowest BCUT2D eigenvalue weighted by Gasteiger charge is -2.28. The van der Waals surface area contributed by atoms with E-state index in [1.165, 1.54) is 14.2 Å². The Morgan fingerprint density at radius 1 is 1.06 bits per heavy atom. The van der Waals surface area contributed by atoms with Gasteiger partial charge in [0.15, 0.2) is 6.61 Å². The molecule has 1 aromatic rings. The molecule has 6 atom stereocenters. The van der Waals surface area contributed by atoms with E-state index < -0.39 is 36.9 Å². The molecule has 1 N–H and O–H groups in total. The third-order valence-corrected chi connectivity index (χ3v) is 9.62. The number of amides is 3. The molecule has 1 aromatic carbocycles. The first-order valence-corrected chi connectivity index (χ1v) is 11.9. The summed E-state index contributed by atoms with van der Waals surface area (Å²) in [4.78, 5) is 51.4. The van der Waals surface area contributed by atoms with Crippen molar-refractivity contribution < 1.29 is 33.4 Å². The van der Waals surface area contributed by atoms with Crippen LogP contribution in [0.5, 0.6) is 11.5 Å². The number of alkyl halides is 2. The van der Waals surface area contributed by atoms with Gasteiger partial charge in [-0.25, -0.2) is 0 Å². The average Bonchev–Trinajstić information content (AvgIpc) is 3.39. The number of rotatable bonds is 7. The first-order valence-electron chi connectivity index (χ1n) is 10.1. The van der Waals surface area contributed by atoms with Gasteiger partial charge in [0.05, 0.1) is 31.7 Å². The van der Waals surface area contributed by atoms with E-state index in [-0.39, 0.29) is 33.3 Å². The summed E-state index contributed by atoms with van der Waals surface area (Å²) >= 11 is 7.24. The molecule has 0 spiro atoms. The molecule has 9 nitrogen and oxygen atoms in total. The van der Waals surface area contributed by atoms with Crippen molar-refractivity contribution in [2.75, 3.05) is 32.7 Å². The van der Waals surface area contributed by atoms with Crippen LogP contribution in [0.2, 0.25) is 0 Å². The maximum Gasteiger partial charge on any atom is 0.326 e. The number of imide groups is 1. The van der Waals surface area contributed by atoms with Gasteiger partial charge in [0.2, 0.25) is 11.8 Å². The SMILES string of the molecule is COc1ccc(NC(=O)COC(=O)CN2C(=O)[C@@H]3[C@H]4C[C@@H]([C@@H](Br)[C@H]4Br)[C@H]3C2=O)c(OC)c1. The molecule has 172 valence electrons. The van der Waals surface area contributed by atoms with Gasteiger partial charge < -0.3 is 19.5 Å². The van der Waals surface area contributed by atoms with Crippen LogP contribution >= 0.6 is 31.9 Å². The van der Waals surface area contributed by atoms with Gasteiger partial charge in [0.1, 0.15) is 18.0 Å². The minimum absolute atomic E-state index is 0.0668. The van der Waals surface area contributed by atoms with Crippen molar-refractivity contribution in [1.82, 2.24) is 4.90 Å². The van der Waals surface area contributed by atoms with E-state index >= 15 is 0 Å². The molecule has 4 rings (SSSR count). The Morgan fingerprint density at radius 3 is 2.25 bits per heavy atom. The zero-order chi connectivity index (χ0) is 23.2. The van der Waals surface area contributed by atoms with E-state index in [2.05, 4.69) is 37.2 Å². The first kappa shape index (κ1) is 23.0. The summed E-state index contributed by atoms with van der Waals surface area (Å²) in [5, 5.41) is 2.59. The smallest absolute Gasteiger partial charge is 0.326 e. The van der Waals surface area contributed by atoms with E-state index in [1.54, 1.807) is 18.2 Å². The summed E-state index contributed by atoms with van der Waals surface area (Å²) in [6, 6.07) is 4.85. The van der Waals surface area contributed by atoms with Gasteiger partial charge in [-0.15, -0.1) is 0 Å². The number of esters is 1. The fourth-order valence-corrected chi connectivity index (χ4v) is 6.85. The highest BCUT2D eigenvalue weighted by Crippen LogP contribution is 2.60. The normalized spacial score (nSPS) is 30.3. The van der Waals surface area contributed by atoms with Crippen LogP contribution in [-0.4, -0.2) is 65.6 Å². The number of hydrogen-bond donors (Lipinski definition) is 1. The lowest BCUT2D eigenvalue weighted by molar-refractivity contribution is -0.154. The van der Waals surface area contributed by atoms with Crippen LogP contribution in [0, 0.1) is 23.7 Å². The topological polar surface area (TPSA) is 111 Å². The molecule has 1 aliphatic heterocycles. The summed E-state index contributed by atoms with van der Waals surface area (Å²) in [7, 11) is 2.96. The highest BCUT2D eigenvalue weighted by molar-refractivity contribution is 9.12. The number of ether oxygens (including phenoxy) is 3. The molecule has 0 aromatic heterocycles. The summed E-state index contributed by atoms with van der Waals surface area (Å²) in [6.07, 6.45) is 0.811. The van der Waals surface area contributed by atoms with Crippen molar-refractivity contribution >= 4 is 61.2 Å². The largest absolute Gasteiger partial charge is 0.497 e. The van der Waals surface area contributed by atoms with Crippen LogP contribution in [0.4, 0.5) is 5.69 Å². The van der Waals surface area contributed by atoms with Crippen molar-refractivity contribution in [3.05, 3.63) is 18.2 Å². The highest BCUT2D eigenvalue weighted by atomic mass is 79.9. The number of methoxy groups -OCH3 is 2. The Labute approximate surface area is 201 Å². The molecule has 2 bridgehead atoms. The van der Waals surface area contributed by atoms with Gasteiger partial charge in [-0.3, -0.25) is 24.1 Å². The second-order valence-corrected chi connectivity index (χ2v) is 10.2. The van der Waals surface area contributed by atoms with Crippen molar-refractivity contribution in [3.63, 3.8) is 0 Å². The maximum absolute atomic E-state index is 12.8. The zero-order valence-electron chi connectivity index (χ0n) is 17.4. The molecule has 3 aliphatic rings. The molecule has 3 amide bonds. The van der Waals surface area contributed by atoms with Crippen LogP contribution in [0.3, 0.4) is 0 Å². The monoisotopic (exact) mass is 572 g/mol. The van der Waals surface area contributed by atoms with Gasteiger partial charge in [-0.05, 0) is 30.4 Å². The van der Waals surface area contributed by atoms with Crippen LogP contribution < -0.4 is 14.8 Å². The number of benzene rings is 1. The van der Waals surface area contributed by atoms with Crippen LogP contribution in [-0.2, 0) is 23.9 Å². The van der Waals surface area contributed by atoms with Gasteiger partial charge in [-0.2, -0.15) is 0 Å². The molecule has 0 unspecified atom stereocenters. The Morgan fingerprint density at radius 2 is 1.69 bits per heavy atom. The number of nitrogens with zero attached hydrogens (tertiary/aromatic N) is 1. The molecule has 2 saturated carbocycles. The van der Waals surface area contributed by atoms with Crippen LogP contribution in [0.1, 0.15) is 6.42 Å². The van der Waals surface area contributed by atoms with Gasteiger partial charge in [0, 0.05) is 15.7 Å². The van der Waals surface area contributed by atoms with Gasteiger partial charge in [-0.1, -0.05) is 31.9 Å². The predicted molar refractivity (Wildman–Crippen MR) is 120 cm³/mol. The Kier molecular flexibility index (Phi) is 6.49. The van der Waals surface area contributed by atoms with Crippen molar-refractivity contribution in [2.24, 2.45) is 23.7 Å². The van der Waals surface area contributed by atoms with Crippen molar-refractivity contribution in [2.45, 2.75) is 16.1 Å². The second-order valence-electron chi connectivity index (χ2n) is 8.04. The number of fused-ring (bicyclic) bond motifs is 5. The number of hydrogen-bond acceptors (Lipinski definition) is 7. The maximum atomic E-state index is 12.8. The number of carbonyl (C=O) groups is 4. The summed E-state index contributed by atoms with van der Waals surface area (Å²) in [5.41, 5.74) is 0.385. The summed E-state index contributed by atoms with van der Waals surface area (Å²) in [6.45, 7) is -1.06. The molecular formula is C21H22Br2N2O7. The standard InChI is InChI=1S/C21H22Br2N2O7/c1-30-9-3-4-12(13(5-9)31-2)24-14(26)8-32-15(27)7-25-20(28)16-10-6-11(17(16)21(25)29)19(23)18(10)22/h3-5,10-11,16-19H,6-8H2,1-2H3,(H,24,26)/t10-,11-,16-,17-,18-,19+/m1/s1. The average molecular weight is 574 g/mol. The Bertz CT molecular complexity index is 939. The molecule has 32 heavy (non-hydrogen) atoms. The van der Waals surface area contributed by atoms with E-state index in [9.17, 15) is 19.2 Å². The quantitative estimate of drug-likeness (QED) is 0.301. The Hall–Kier alpha value is -2.14. The van der Waals surface area contributed by atoms with Crippen molar-refractivity contribution in [1.29, 1.82) is 0 Å². The predicted octanol–water partition coefficient (Wildman–Crippen LogP) is 1.96. The van der Waals surface area contributed by atoms with E-state index in [4.69, 9.17) is 14.2 Å². The molecule has 0 radical (unpaired) electrons. The van der Waals surface area contributed by atoms with Crippen molar-refractivity contribution in [3.8, 4) is 11.5 Å². The lowest BCUT2D eigenvalue weighted by Crippen LogP contribution is -2.38. The van der Waals surface area contributed by atoms with Gasteiger partial charge >= 0.3 is 5.97 Å². The third-order valence-electron chi connectivity index (χ3n) is 6.41. The van der Waals surface area contributed by atoms with Gasteiger partial charge in [0.25, 0.3) is 5.91 Å². The summed E-state index contributed by atoms with van der Waals surface area (Å²) in [5.74, 6) is -1.79. The molecular weight excluding hydrogens is 552 g/mol. The van der Waals surface area contributed by atoms with E-state index in [0.717, 1.165) is 11.3 Å². The molecule has 11 heteroatoms. The minimum Gasteiger partial charge on any atom is -0.497 e. The van der Waals surface area contributed by atoms with Crippen LogP contribution in [0.15, 0.2) is 18.2 Å². The number of anilines is 1.